The van der Waals surface area contributed by atoms with Crippen molar-refractivity contribution in [1.29, 1.82) is 5.26 Å². The van der Waals surface area contributed by atoms with Crippen LogP contribution in [0.1, 0.15) is 37.9 Å². The Kier molecular flexibility index (Phi) is 5.44. The molecule has 1 heterocycles. The topological polar surface area (TPSA) is 69.3 Å². The van der Waals surface area contributed by atoms with E-state index in [0.717, 1.165) is 12.8 Å². The maximum Gasteiger partial charge on any atom is 0.263 e. The quantitative estimate of drug-likeness (QED) is 0.667. The summed E-state index contributed by atoms with van der Waals surface area (Å²) in [4.78, 5) is 14.0. The van der Waals surface area contributed by atoms with Crippen molar-refractivity contribution < 1.29 is 9.21 Å². The highest BCUT2D eigenvalue weighted by Gasteiger charge is 2.18. The molecule has 1 N–H and O–H groups in total. The molecule has 0 spiro atoms. The second kappa shape index (κ2) is 7.53. The SMILES string of the molecule is CN(/C=C(/C#N)C(=O)NCc1ccco1)C1CCCCC1. The first-order valence-corrected chi connectivity index (χ1v) is 7.35. The molecule has 0 aromatic carbocycles. The van der Waals surface area contributed by atoms with Crippen molar-refractivity contribution in [3.05, 3.63) is 35.9 Å². The molecule has 1 aromatic rings. The molecule has 0 saturated heterocycles. The Morgan fingerprint density at radius 3 is 2.90 bits per heavy atom. The molecule has 5 heteroatoms. The van der Waals surface area contributed by atoms with Crippen molar-refractivity contribution >= 4 is 5.91 Å². The van der Waals surface area contributed by atoms with E-state index in [1.807, 2.05) is 18.0 Å². The van der Waals surface area contributed by atoms with Gasteiger partial charge in [0.05, 0.1) is 12.8 Å². The molecule has 1 fully saturated rings. The molecule has 0 radical (unpaired) electrons. The summed E-state index contributed by atoms with van der Waals surface area (Å²) in [7, 11) is 1.94. The summed E-state index contributed by atoms with van der Waals surface area (Å²) >= 11 is 0. The van der Waals surface area contributed by atoms with Crippen LogP contribution in [0.2, 0.25) is 0 Å². The van der Waals surface area contributed by atoms with Crippen molar-refractivity contribution in [2.45, 2.75) is 44.7 Å². The zero-order valence-electron chi connectivity index (χ0n) is 12.3. The third-order valence-corrected chi connectivity index (χ3v) is 3.85. The van der Waals surface area contributed by atoms with E-state index in [4.69, 9.17) is 4.42 Å². The Balaban J connectivity index is 1.92. The standard InChI is InChI=1S/C16H21N3O2/c1-19(14-6-3-2-4-7-14)12-13(10-17)16(20)18-11-15-8-5-9-21-15/h5,8-9,12,14H,2-4,6-7,11H2,1H3,(H,18,20)/b13-12-. The Labute approximate surface area is 125 Å². The monoisotopic (exact) mass is 287 g/mol. The lowest BCUT2D eigenvalue weighted by molar-refractivity contribution is -0.117. The summed E-state index contributed by atoms with van der Waals surface area (Å²) in [6, 6.07) is 5.95. The van der Waals surface area contributed by atoms with E-state index in [1.54, 1.807) is 24.6 Å². The largest absolute Gasteiger partial charge is 0.467 e. The summed E-state index contributed by atoms with van der Waals surface area (Å²) in [5, 5.41) is 11.9. The van der Waals surface area contributed by atoms with Crippen LogP contribution in [0.3, 0.4) is 0 Å². The van der Waals surface area contributed by atoms with Crippen molar-refractivity contribution in [2.24, 2.45) is 0 Å². The number of carbonyl (C=O) groups is 1. The molecule has 0 atom stereocenters. The highest BCUT2D eigenvalue weighted by Crippen LogP contribution is 2.22. The predicted octanol–water partition coefficient (Wildman–Crippen LogP) is 2.57. The number of nitrogens with one attached hydrogen (secondary N) is 1. The first-order valence-electron chi connectivity index (χ1n) is 7.35. The Hall–Kier alpha value is -2.22. The van der Waals surface area contributed by atoms with Gasteiger partial charge in [0.2, 0.25) is 0 Å². The van der Waals surface area contributed by atoms with Crippen LogP contribution in [0.5, 0.6) is 0 Å². The third-order valence-electron chi connectivity index (χ3n) is 3.85. The fraction of sp³-hybridized carbons (Fsp3) is 0.500. The molecule has 1 amide bonds. The van der Waals surface area contributed by atoms with E-state index in [2.05, 4.69) is 5.32 Å². The van der Waals surface area contributed by atoms with Crippen LogP contribution in [0.15, 0.2) is 34.6 Å². The van der Waals surface area contributed by atoms with Crippen molar-refractivity contribution in [1.82, 2.24) is 10.2 Å². The molecule has 1 aromatic heterocycles. The Morgan fingerprint density at radius 2 is 2.29 bits per heavy atom. The molecule has 21 heavy (non-hydrogen) atoms. The van der Waals surface area contributed by atoms with Gasteiger partial charge in [-0.1, -0.05) is 19.3 Å². The van der Waals surface area contributed by atoms with Gasteiger partial charge in [-0.25, -0.2) is 0 Å². The number of hydrogen-bond acceptors (Lipinski definition) is 4. The minimum Gasteiger partial charge on any atom is -0.467 e. The van der Waals surface area contributed by atoms with E-state index in [1.165, 1.54) is 19.3 Å². The van der Waals surface area contributed by atoms with Gasteiger partial charge in [-0.2, -0.15) is 5.26 Å². The van der Waals surface area contributed by atoms with Crippen LogP contribution < -0.4 is 5.32 Å². The van der Waals surface area contributed by atoms with E-state index in [0.29, 0.717) is 11.8 Å². The van der Waals surface area contributed by atoms with Gasteiger partial charge in [0.1, 0.15) is 17.4 Å². The first kappa shape index (κ1) is 15.2. The third kappa shape index (κ3) is 4.38. The van der Waals surface area contributed by atoms with E-state index >= 15 is 0 Å². The highest BCUT2D eigenvalue weighted by molar-refractivity contribution is 5.97. The first-order chi connectivity index (χ1) is 10.2. The smallest absolute Gasteiger partial charge is 0.263 e. The summed E-state index contributed by atoms with van der Waals surface area (Å²) in [6.07, 6.45) is 9.18. The maximum atomic E-state index is 12.0. The summed E-state index contributed by atoms with van der Waals surface area (Å²) in [5.41, 5.74) is 0.134. The Morgan fingerprint density at radius 1 is 1.52 bits per heavy atom. The number of carbonyl (C=O) groups excluding carboxylic acids is 1. The normalized spacial score (nSPS) is 16.3. The van der Waals surface area contributed by atoms with Crippen molar-refractivity contribution in [3.63, 3.8) is 0 Å². The van der Waals surface area contributed by atoms with Crippen LogP contribution in [0.4, 0.5) is 0 Å². The predicted molar refractivity (Wildman–Crippen MR) is 78.9 cm³/mol. The Bertz CT molecular complexity index is 522. The maximum absolute atomic E-state index is 12.0. The summed E-state index contributed by atoms with van der Waals surface area (Å²) in [6.45, 7) is 0.290. The summed E-state index contributed by atoms with van der Waals surface area (Å²) < 4.78 is 5.15. The number of rotatable bonds is 5. The molecule has 112 valence electrons. The van der Waals surface area contributed by atoms with Crippen molar-refractivity contribution in [2.75, 3.05) is 7.05 Å². The fourth-order valence-electron chi connectivity index (χ4n) is 2.61. The van der Waals surface area contributed by atoms with E-state index < -0.39 is 0 Å². The number of nitriles is 1. The number of hydrogen-bond donors (Lipinski definition) is 1. The van der Waals surface area contributed by atoms with Crippen molar-refractivity contribution in [3.8, 4) is 6.07 Å². The van der Waals surface area contributed by atoms with Gasteiger partial charge in [0, 0.05) is 19.3 Å². The zero-order chi connectivity index (χ0) is 15.1. The molecule has 0 bridgehead atoms. The van der Waals surface area contributed by atoms with Crippen LogP contribution in [-0.2, 0) is 11.3 Å². The van der Waals surface area contributed by atoms with Gasteiger partial charge in [-0.3, -0.25) is 4.79 Å². The van der Waals surface area contributed by atoms with Gasteiger partial charge in [0.25, 0.3) is 5.91 Å². The van der Waals surface area contributed by atoms with E-state index in [9.17, 15) is 10.1 Å². The average molecular weight is 287 g/mol. The van der Waals surface area contributed by atoms with Crippen LogP contribution in [0.25, 0.3) is 0 Å². The molecule has 0 aliphatic heterocycles. The van der Waals surface area contributed by atoms with Crippen LogP contribution in [-0.4, -0.2) is 23.9 Å². The molecular formula is C16H21N3O2. The van der Waals surface area contributed by atoms with Crippen LogP contribution >= 0.6 is 0 Å². The van der Waals surface area contributed by atoms with Gasteiger partial charge in [-0.15, -0.1) is 0 Å². The molecule has 1 saturated carbocycles. The molecule has 1 aliphatic carbocycles. The molecule has 2 rings (SSSR count). The zero-order valence-corrected chi connectivity index (χ0v) is 12.3. The second-order valence-electron chi connectivity index (χ2n) is 5.37. The minimum absolute atomic E-state index is 0.134. The van der Waals surface area contributed by atoms with Crippen LogP contribution in [0, 0.1) is 11.3 Å². The number of amides is 1. The molecule has 5 nitrogen and oxygen atoms in total. The number of nitrogens with zero attached hydrogens (tertiary/aromatic N) is 2. The molecule has 1 aliphatic rings. The fourth-order valence-corrected chi connectivity index (χ4v) is 2.61. The second-order valence-corrected chi connectivity index (χ2v) is 5.37. The lowest BCUT2D eigenvalue weighted by Crippen LogP contribution is -2.31. The molecule has 0 unspecified atom stereocenters. The van der Waals surface area contributed by atoms with Gasteiger partial charge >= 0.3 is 0 Å². The lowest BCUT2D eigenvalue weighted by Gasteiger charge is -2.30. The van der Waals surface area contributed by atoms with Gasteiger partial charge < -0.3 is 14.6 Å². The lowest BCUT2D eigenvalue weighted by atomic mass is 9.94. The molecular weight excluding hydrogens is 266 g/mol. The van der Waals surface area contributed by atoms with E-state index in [-0.39, 0.29) is 18.0 Å². The highest BCUT2D eigenvalue weighted by atomic mass is 16.3. The average Bonchev–Trinajstić information content (AvgIpc) is 3.04. The van der Waals surface area contributed by atoms with Gasteiger partial charge in [-0.05, 0) is 25.0 Å². The minimum atomic E-state index is -0.364. The number of furan rings is 1. The van der Waals surface area contributed by atoms with Gasteiger partial charge in [0.15, 0.2) is 0 Å². The summed E-state index contributed by atoms with van der Waals surface area (Å²) in [5.74, 6) is 0.304.